The predicted octanol–water partition coefficient (Wildman–Crippen LogP) is 3.30. The number of methoxy groups -OCH3 is 1. The van der Waals surface area contributed by atoms with E-state index in [4.69, 9.17) is 9.15 Å². The van der Waals surface area contributed by atoms with E-state index in [1.54, 1.807) is 13.4 Å². The third-order valence-electron chi connectivity index (χ3n) is 5.82. The molecule has 2 aliphatic rings. The van der Waals surface area contributed by atoms with Crippen LogP contribution < -0.4 is 4.74 Å². The molecule has 1 amide bonds. The standard InChI is InChI=1S/C21H26N2O3/c1-25-19-4-2-3-17(11-19)14-23-16-21(12-20(23)24)6-8-22(9-7-21)13-18-5-10-26-15-18/h2-5,10-11,15H,6-9,12-14,16H2,1H3. The number of hydrogen-bond donors (Lipinski definition) is 0. The average Bonchev–Trinajstić information content (AvgIpc) is 3.26. The number of amides is 1. The summed E-state index contributed by atoms with van der Waals surface area (Å²) >= 11 is 0. The topological polar surface area (TPSA) is 45.9 Å². The molecule has 1 aromatic carbocycles. The lowest BCUT2D eigenvalue weighted by Gasteiger charge is -2.38. The molecule has 138 valence electrons. The van der Waals surface area contributed by atoms with Crippen LogP contribution in [0.4, 0.5) is 0 Å². The summed E-state index contributed by atoms with van der Waals surface area (Å²) in [7, 11) is 1.67. The molecule has 0 radical (unpaired) electrons. The summed E-state index contributed by atoms with van der Waals surface area (Å²) in [6.07, 6.45) is 6.42. The van der Waals surface area contributed by atoms with Gasteiger partial charge in [-0.15, -0.1) is 0 Å². The zero-order valence-electron chi connectivity index (χ0n) is 15.3. The van der Waals surface area contributed by atoms with Gasteiger partial charge in [0.2, 0.25) is 5.91 Å². The molecule has 1 aromatic heterocycles. The average molecular weight is 354 g/mol. The number of furan rings is 1. The highest BCUT2D eigenvalue weighted by Gasteiger charge is 2.44. The van der Waals surface area contributed by atoms with Crippen molar-refractivity contribution < 1.29 is 13.9 Å². The van der Waals surface area contributed by atoms with E-state index in [0.29, 0.717) is 13.0 Å². The summed E-state index contributed by atoms with van der Waals surface area (Å²) in [5.41, 5.74) is 2.51. The van der Waals surface area contributed by atoms with Crippen molar-refractivity contribution in [2.24, 2.45) is 5.41 Å². The minimum absolute atomic E-state index is 0.156. The normalized spacial score (nSPS) is 20.0. The maximum atomic E-state index is 12.6. The smallest absolute Gasteiger partial charge is 0.223 e. The van der Waals surface area contributed by atoms with Crippen LogP contribution in [0.1, 0.15) is 30.4 Å². The Hall–Kier alpha value is -2.27. The summed E-state index contributed by atoms with van der Waals surface area (Å²) in [5, 5.41) is 0. The molecule has 0 aliphatic carbocycles. The molecule has 2 aromatic rings. The molecule has 26 heavy (non-hydrogen) atoms. The van der Waals surface area contributed by atoms with Crippen LogP contribution in [0.5, 0.6) is 5.75 Å². The van der Waals surface area contributed by atoms with Crippen LogP contribution in [-0.2, 0) is 17.9 Å². The first-order valence-corrected chi connectivity index (χ1v) is 9.30. The van der Waals surface area contributed by atoms with Gasteiger partial charge in [-0.2, -0.15) is 0 Å². The van der Waals surface area contributed by atoms with Crippen LogP contribution in [0.15, 0.2) is 47.3 Å². The Kier molecular flexibility index (Phi) is 4.72. The van der Waals surface area contributed by atoms with Gasteiger partial charge in [0.15, 0.2) is 0 Å². The Balaban J connectivity index is 1.35. The van der Waals surface area contributed by atoms with E-state index in [-0.39, 0.29) is 11.3 Å². The van der Waals surface area contributed by atoms with Crippen molar-refractivity contribution in [3.8, 4) is 5.75 Å². The monoisotopic (exact) mass is 354 g/mol. The maximum absolute atomic E-state index is 12.6. The Morgan fingerprint density at radius 1 is 1.15 bits per heavy atom. The van der Waals surface area contributed by atoms with Crippen molar-refractivity contribution in [1.82, 2.24) is 9.80 Å². The van der Waals surface area contributed by atoms with Gasteiger partial charge in [0.1, 0.15) is 5.75 Å². The first-order chi connectivity index (χ1) is 12.7. The van der Waals surface area contributed by atoms with Gasteiger partial charge in [0.25, 0.3) is 0 Å². The zero-order valence-corrected chi connectivity index (χ0v) is 15.3. The van der Waals surface area contributed by atoms with Gasteiger partial charge < -0.3 is 14.1 Å². The number of carbonyl (C=O) groups excluding carboxylic acids is 1. The van der Waals surface area contributed by atoms with Crippen molar-refractivity contribution in [3.05, 3.63) is 54.0 Å². The zero-order chi connectivity index (χ0) is 18.0. The number of ether oxygens (including phenoxy) is 1. The number of likely N-dealkylation sites (tertiary alicyclic amines) is 2. The van der Waals surface area contributed by atoms with Crippen LogP contribution in [0.3, 0.4) is 0 Å². The van der Waals surface area contributed by atoms with Crippen LogP contribution >= 0.6 is 0 Å². The minimum atomic E-state index is 0.156. The second-order valence-corrected chi connectivity index (χ2v) is 7.69. The quantitative estimate of drug-likeness (QED) is 0.826. The number of piperidine rings is 1. The summed E-state index contributed by atoms with van der Waals surface area (Å²) in [4.78, 5) is 17.1. The van der Waals surface area contributed by atoms with E-state index in [1.165, 1.54) is 5.56 Å². The highest BCUT2D eigenvalue weighted by Crippen LogP contribution is 2.41. The Bertz CT molecular complexity index is 748. The molecule has 1 spiro atoms. The fraction of sp³-hybridized carbons (Fsp3) is 0.476. The molecule has 5 nitrogen and oxygen atoms in total. The number of nitrogens with zero attached hydrogens (tertiary/aromatic N) is 2. The molecule has 2 aliphatic heterocycles. The van der Waals surface area contributed by atoms with E-state index < -0.39 is 0 Å². The van der Waals surface area contributed by atoms with Crippen LogP contribution in [0.25, 0.3) is 0 Å². The molecule has 0 N–H and O–H groups in total. The summed E-state index contributed by atoms with van der Waals surface area (Å²) in [5.74, 6) is 1.13. The molecule has 0 saturated carbocycles. The van der Waals surface area contributed by atoms with Gasteiger partial charge in [-0.05, 0) is 55.1 Å². The van der Waals surface area contributed by atoms with E-state index in [0.717, 1.165) is 50.3 Å². The molecule has 5 heteroatoms. The third-order valence-corrected chi connectivity index (χ3v) is 5.82. The lowest BCUT2D eigenvalue weighted by molar-refractivity contribution is -0.128. The van der Waals surface area contributed by atoms with Crippen molar-refractivity contribution >= 4 is 5.91 Å². The molecule has 2 fully saturated rings. The second kappa shape index (κ2) is 7.16. The van der Waals surface area contributed by atoms with Gasteiger partial charge in [-0.25, -0.2) is 0 Å². The van der Waals surface area contributed by atoms with Gasteiger partial charge in [-0.3, -0.25) is 9.69 Å². The molecule has 2 saturated heterocycles. The van der Waals surface area contributed by atoms with E-state index in [1.807, 2.05) is 35.4 Å². The van der Waals surface area contributed by atoms with E-state index >= 15 is 0 Å². The maximum Gasteiger partial charge on any atom is 0.223 e. The number of benzene rings is 1. The Morgan fingerprint density at radius 3 is 2.73 bits per heavy atom. The van der Waals surface area contributed by atoms with Crippen molar-refractivity contribution in [2.75, 3.05) is 26.7 Å². The lowest BCUT2D eigenvalue weighted by Crippen LogP contribution is -2.41. The molecular weight excluding hydrogens is 328 g/mol. The van der Waals surface area contributed by atoms with Crippen LogP contribution in [0, 0.1) is 5.41 Å². The summed E-state index contributed by atoms with van der Waals surface area (Å²) in [6.45, 7) is 4.59. The molecule has 4 rings (SSSR count). The molecular formula is C21H26N2O3. The van der Waals surface area contributed by atoms with E-state index in [9.17, 15) is 4.79 Å². The number of hydrogen-bond acceptors (Lipinski definition) is 4. The fourth-order valence-electron chi connectivity index (χ4n) is 4.28. The first-order valence-electron chi connectivity index (χ1n) is 9.30. The molecule has 0 atom stereocenters. The predicted molar refractivity (Wildman–Crippen MR) is 98.7 cm³/mol. The molecule has 0 unspecified atom stereocenters. The lowest BCUT2D eigenvalue weighted by atomic mass is 9.77. The molecule has 3 heterocycles. The van der Waals surface area contributed by atoms with E-state index in [2.05, 4.69) is 11.0 Å². The van der Waals surface area contributed by atoms with Crippen molar-refractivity contribution in [1.29, 1.82) is 0 Å². The highest BCUT2D eigenvalue weighted by molar-refractivity contribution is 5.79. The van der Waals surface area contributed by atoms with Crippen molar-refractivity contribution in [3.63, 3.8) is 0 Å². The fourth-order valence-corrected chi connectivity index (χ4v) is 4.28. The van der Waals surface area contributed by atoms with Gasteiger partial charge >= 0.3 is 0 Å². The van der Waals surface area contributed by atoms with Gasteiger partial charge in [-0.1, -0.05) is 12.1 Å². The second-order valence-electron chi connectivity index (χ2n) is 7.69. The summed E-state index contributed by atoms with van der Waals surface area (Å²) in [6, 6.07) is 10.0. The molecule has 0 bridgehead atoms. The number of carbonyl (C=O) groups is 1. The largest absolute Gasteiger partial charge is 0.497 e. The highest BCUT2D eigenvalue weighted by atomic mass is 16.5. The van der Waals surface area contributed by atoms with Gasteiger partial charge in [0.05, 0.1) is 19.6 Å². The first kappa shape index (κ1) is 17.2. The SMILES string of the molecule is COc1cccc(CN2CC3(CCN(Cc4ccoc4)CC3)CC2=O)c1. The van der Waals surface area contributed by atoms with Crippen LogP contribution in [0.2, 0.25) is 0 Å². The Labute approximate surface area is 154 Å². The van der Waals surface area contributed by atoms with Crippen molar-refractivity contribution in [2.45, 2.75) is 32.4 Å². The van der Waals surface area contributed by atoms with Crippen LogP contribution in [-0.4, -0.2) is 42.5 Å². The number of rotatable bonds is 5. The third kappa shape index (κ3) is 3.63. The van der Waals surface area contributed by atoms with Gasteiger partial charge in [0, 0.05) is 31.6 Å². The minimum Gasteiger partial charge on any atom is -0.497 e. The summed E-state index contributed by atoms with van der Waals surface area (Å²) < 4.78 is 10.5. The Morgan fingerprint density at radius 2 is 2.00 bits per heavy atom.